The van der Waals surface area contributed by atoms with Gasteiger partial charge in [-0.05, 0) is 37.7 Å². The van der Waals surface area contributed by atoms with Gasteiger partial charge in [-0.3, -0.25) is 0 Å². The van der Waals surface area contributed by atoms with Crippen molar-refractivity contribution < 1.29 is 0 Å². The molecule has 0 bridgehead atoms. The van der Waals surface area contributed by atoms with Crippen molar-refractivity contribution in [1.82, 2.24) is 0 Å². The fourth-order valence-corrected chi connectivity index (χ4v) is 3.67. The summed E-state index contributed by atoms with van der Waals surface area (Å²) < 4.78 is 0. The van der Waals surface area contributed by atoms with Crippen LogP contribution in [0.25, 0.3) is 0 Å². The fraction of sp³-hybridized carbons (Fsp3) is 0.900. The summed E-state index contributed by atoms with van der Waals surface area (Å²) in [5.74, 6) is 0. The first-order valence-electron chi connectivity index (χ1n) is 5.15. The van der Waals surface area contributed by atoms with Gasteiger partial charge in [-0.2, -0.15) is 5.26 Å². The van der Waals surface area contributed by atoms with Crippen LogP contribution >= 0.6 is 19.2 Å². The van der Waals surface area contributed by atoms with E-state index < -0.39 is 0 Å². The average Bonchev–Trinajstić information content (AvgIpc) is 2.14. The lowest BCUT2D eigenvalue weighted by Gasteiger charge is -2.12. The van der Waals surface area contributed by atoms with Crippen LogP contribution in [-0.2, 0) is 0 Å². The van der Waals surface area contributed by atoms with Crippen LogP contribution in [0, 0.1) is 10.7 Å². The van der Waals surface area contributed by atoms with E-state index in [1.807, 2.05) is 0 Å². The Balaban J connectivity index is 3.48. The molecule has 0 aromatic heterocycles. The third-order valence-corrected chi connectivity index (χ3v) is 4.81. The third-order valence-electron chi connectivity index (χ3n) is 2.06. The highest BCUT2D eigenvalue weighted by atomic mass is 32.7. The topological polar surface area (TPSA) is 23.8 Å². The molecule has 0 aliphatic heterocycles. The van der Waals surface area contributed by atoms with Gasteiger partial charge in [-0.1, -0.05) is 39.5 Å². The maximum Gasteiger partial charge on any atom is 0.137 e. The van der Waals surface area contributed by atoms with E-state index in [1.165, 1.54) is 49.9 Å². The standard InChI is InChI=1S/C10H20NPS/c1-3-5-6-8-10(7-4-2)12-13-9-11/h10,12H,3-8H2,1-2H3. The lowest BCUT2D eigenvalue weighted by atomic mass is 10.1. The number of nitrogens with zero attached hydrogens (tertiary/aromatic N) is 1. The number of nitriles is 1. The van der Waals surface area contributed by atoms with Gasteiger partial charge in [0.25, 0.3) is 0 Å². The molecule has 0 radical (unpaired) electrons. The van der Waals surface area contributed by atoms with Gasteiger partial charge in [0, 0.05) is 0 Å². The molecule has 0 N–H and O–H groups in total. The van der Waals surface area contributed by atoms with E-state index in [1.54, 1.807) is 0 Å². The van der Waals surface area contributed by atoms with E-state index in [2.05, 4.69) is 19.2 Å². The Bertz CT molecular complexity index is 144. The zero-order valence-electron chi connectivity index (χ0n) is 8.68. The molecule has 0 spiro atoms. The van der Waals surface area contributed by atoms with Gasteiger partial charge in [0.1, 0.15) is 5.40 Å². The van der Waals surface area contributed by atoms with Crippen molar-refractivity contribution in [2.75, 3.05) is 0 Å². The van der Waals surface area contributed by atoms with Crippen LogP contribution in [-0.4, -0.2) is 5.66 Å². The first-order chi connectivity index (χ1) is 6.35. The van der Waals surface area contributed by atoms with Crippen LogP contribution in [0.4, 0.5) is 0 Å². The molecule has 13 heavy (non-hydrogen) atoms. The number of unbranched alkanes of at least 4 members (excludes halogenated alkanes) is 2. The minimum atomic E-state index is 0.797. The SMILES string of the molecule is CCCCCC(CCC)PSC#N. The van der Waals surface area contributed by atoms with Gasteiger partial charge in [0.15, 0.2) is 0 Å². The summed E-state index contributed by atoms with van der Waals surface area (Å²) in [4.78, 5) is 0. The summed E-state index contributed by atoms with van der Waals surface area (Å²) in [5.41, 5.74) is 0.807. The van der Waals surface area contributed by atoms with E-state index >= 15 is 0 Å². The maximum absolute atomic E-state index is 8.47. The highest BCUT2D eigenvalue weighted by molar-refractivity contribution is 8.52. The molecule has 0 aromatic rings. The largest absolute Gasteiger partial charge is 0.185 e. The van der Waals surface area contributed by atoms with E-state index in [-0.39, 0.29) is 0 Å². The number of rotatable bonds is 8. The molecule has 2 unspecified atom stereocenters. The molecule has 0 amide bonds. The summed E-state index contributed by atoms with van der Waals surface area (Å²) in [6.45, 7) is 4.47. The summed E-state index contributed by atoms with van der Waals surface area (Å²) in [5, 5.41) is 10.7. The molecule has 0 heterocycles. The Morgan fingerprint density at radius 3 is 2.54 bits per heavy atom. The third kappa shape index (κ3) is 8.60. The van der Waals surface area contributed by atoms with Crippen molar-refractivity contribution in [3.8, 4) is 5.40 Å². The number of hydrogen-bond acceptors (Lipinski definition) is 2. The van der Waals surface area contributed by atoms with Gasteiger partial charge in [-0.15, -0.1) is 0 Å². The van der Waals surface area contributed by atoms with E-state index in [9.17, 15) is 0 Å². The van der Waals surface area contributed by atoms with Gasteiger partial charge in [0.05, 0.1) is 0 Å². The molecule has 3 heteroatoms. The highest BCUT2D eigenvalue weighted by Gasteiger charge is 2.06. The Morgan fingerprint density at radius 1 is 1.23 bits per heavy atom. The molecule has 0 saturated carbocycles. The van der Waals surface area contributed by atoms with Crippen molar-refractivity contribution >= 4 is 19.2 Å². The van der Waals surface area contributed by atoms with Crippen LogP contribution in [0.2, 0.25) is 0 Å². The molecular weight excluding hydrogens is 197 g/mol. The van der Waals surface area contributed by atoms with Crippen molar-refractivity contribution in [2.45, 2.75) is 58.0 Å². The molecule has 0 rings (SSSR count). The normalized spacial score (nSPS) is 13.3. The monoisotopic (exact) mass is 217 g/mol. The molecule has 0 saturated heterocycles. The molecule has 0 aliphatic rings. The van der Waals surface area contributed by atoms with Crippen LogP contribution in [0.15, 0.2) is 0 Å². The van der Waals surface area contributed by atoms with Crippen LogP contribution < -0.4 is 0 Å². The maximum atomic E-state index is 8.47. The van der Waals surface area contributed by atoms with E-state index in [0.717, 1.165) is 13.4 Å². The van der Waals surface area contributed by atoms with Crippen molar-refractivity contribution in [3.05, 3.63) is 0 Å². The van der Waals surface area contributed by atoms with Crippen LogP contribution in [0.5, 0.6) is 0 Å². The average molecular weight is 217 g/mol. The second kappa shape index (κ2) is 10.4. The van der Waals surface area contributed by atoms with E-state index in [0.29, 0.717) is 0 Å². The zero-order valence-corrected chi connectivity index (χ0v) is 10.5. The van der Waals surface area contributed by atoms with E-state index in [4.69, 9.17) is 5.26 Å². The van der Waals surface area contributed by atoms with Gasteiger partial charge < -0.3 is 0 Å². The second-order valence-corrected chi connectivity index (χ2v) is 6.05. The lowest BCUT2D eigenvalue weighted by molar-refractivity contribution is 0.613. The van der Waals surface area contributed by atoms with Gasteiger partial charge in [0.2, 0.25) is 0 Å². The summed E-state index contributed by atoms with van der Waals surface area (Å²) in [7, 11) is 0.797. The fourth-order valence-electron chi connectivity index (χ4n) is 1.36. The summed E-state index contributed by atoms with van der Waals surface area (Å²) in [6.07, 6.45) is 7.89. The molecular formula is C10H20NPS. The van der Waals surface area contributed by atoms with Gasteiger partial charge in [-0.25, -0.2) is 0 Å². The minimum Gasteiger partial charge on any atom is -0.185 e. The zero-order chi connectivity index (χ0) is 9.94. The first-order valence-corrected chi connectivity index (χ1v) is 7.77. The molecule has 0 fully saturated rings. The highest BCUT2D eigenvalue weighted by Crippen LogP contribution is 2.38. The predicted octanol–water partition coefficient (Wildman–Crippen LogP) is 4.54. The molecule has 0 aliphatic carbocycles. The van der Waals surface area contributed by atoms with Crippen molar-refractivity contribution in [2.24, 2.45) is 0 Å². The number of hydrogen-bond donors (Lipinski definition) is 0. The minimum absolute atomic E-state index is 0.797. The Labute approximate surface area is 88.2 Å². The summed E-state index contributed by atoms with van der Waals surface area (Å²) in [6, 6.07) is 0. The van der Waals surface area contributed by atoms with Gasteiger partial charge >= 0.3 is 0 Å². The van der Waals surface area contributed by atoms with Crippen molar-refractivity contribution in [3.63, 3.8) is 0 Å². The smallest absolute Gasteiger partial charge is 0.137 e. The quantitative estimate of drug-likeness (QED) is 0.338. The molecule has 1 nitrogen and oxygen atoms in total. The molecule has 2 atom stereocenters. The second-order valence-electron chi connectivity index (χ2n) is 3.29. The van der Waals surface area contributed by atoms with Crippen LogP contribution in [0.3, 0.4) is 0 Å². The lowest BCUT2D eigenvalue weighted by Crippen LogP contribution is -1.98. The predicted molar refractivity (Wildman–Crippen MR) is 64.4 cm³/mol. The number of thiocyanates is 1. The summed E-state index contributed by atoms with van der Waals surface area (Å²) >= 11 is 1.45. The van der Waals surface area contributed by atoms with Crippen molar-refractivity contribution in [1.29, 1.82) is 5.26 Å². The molecule has 76 valence electrons. The Hall–Kier alpha value is 0.270. The van der Waals surface area contributed by atoms with Crippen LogP contribution in [0.1, 0.15) is 52.4 Å². The molecule has 0 aromatic carbocycles. The Morgan fingerprint density at radius 2 is 2.00 bits per heavy atom. The Kier molecular flexibility index (Phi) is 10.6. The first kappa shape index (κ1) is 13.3.